The van der Waals surface area contributed by atoms with Crippen molar-refractivity contribution in [2.24, 2.45) is 22.5 Å². The van der Waals surface area contributed by atoms with Crippen LogP contribution in [0.25, 0.3) is 0 Å². The van der Waals surface area contributed by atoms with Crippen molar-refractivity contribution >= 4 is 23.4 Å². The fourth-order valence-corrected chi connectivity index (χ4v) is 5.84. The summed E-state index contributed by atoms with van der Waals surface area (Å²) in [5.41, 5.74) is 8.38. The number of halogens is 1. The molecule has 0 aromatic heterocycles. The number of piperidine rings is 1. The second-order valence-electron chi connectivity index (χ2n) is 7.95. The van der Waals surface area contributed by atoms with Gasteiger partial charge in [-0.15, -0.1) is 0 Å². The minimum absolute atomic E-state index is 0.00923. The first kappa shape index (κ1) is 15.9. The molecular weight excluding hydrogens is 326 g/mol. The lowest BCUT2D eigenvalue weighted by molar-refractivity contribution is -0.137. The van der Waals surface area contributed by atoms with E-state index in [9.17, 15) is 9.59 Å². The van der Waals surface area contributed by atoms with Crippen LogP contribution in [0, 0.1) is 16.7 Å². The molecule has 128 valence electrons. The first-order valence-electron chi connectivity index (χ1n) is 8.39. The molecule has 1 aromatic carbocycles. The zero-order valence-electron chi connectivity index (χ0n) is 13.9. The van der Waals surface area contributed by atoms with Crippen molar-refractivity contribution in [1.82, 2.24) is 10.4 Å². The highest BCUT2D eigenvalue weighted by Gasteiger charge is 2.80. The Balaban J connectivity index is 1.66. The maximum Gasteiger partial charge on any atom is 0.265 e. The second-order valence-corrected chi connectivity index (χ2v) is 8.38. The Morgan fingerprint density at radius 2 is 1.96 bits per heavy atom. The summed E-state index contributed by atoms with van der Waals surface area (Å²) in [6.45, 7) is 5.07. The largest absolute Gasteiger partial charge is 0.368 e. The Morgan fingerprint density at radius 1 is 1.29 bits per heavy atom. The quantitative estimate of drug-likeness (QED) is 0.881. The zero-order chi connectivity index (χ0) is 17.3. The molecule has 1 heterocycles. The highest BCUT2D eigenvalue weighted by atomic mass is 35.5. The van der Waals surface area contributed by atoms with E-state index in [1.54, 1.807) is 24.3 Å². The Kier molecular flexibility index (Phi) is 3.14. The SMILES string of the molecule is C[C@]12CC[C@H]3C[C@]1(C(N)=O)N(NC(=O)c1ccc(Cl)cc1)C[C@]32C. The van der Waals surface area contributed by atoms with E-state index in [1.807, 2.05) is 5.01 Å². The topological polar surface area (TPSA) is 75.4 Å². The lowest BCUT2D eigenvalue weighted by Crippen LogP contribution is -2.66. The first-order chi connectivity index (χ1) is 11.2. The van der Waals surface area contributed by atoms with Gasteiger partial charge in [0, 0.05) is 22.5 Å². The molecule has 1 aliphatic heterocycles. The molecule has 2 aliphatic carbocycles. The van der Waals surface area contributed by atoms with Crippen LogP contribution in [0.4, 0.5) is 0 Å². The Morgan fingerprint density at radius 3 is 2.54 bits per heavy atom. The van der Waals surface area contributed by atoms with E-state index in [-0.39, 0.29) is 22.6 Å². The summed E-state index contributed by atoms with van der Waals surface area (Å²) in [4.78, 5) is 25.1. The van der Waals surface area contributed by atoms with Gasteiger partial charge in [-0.2, -0.15) is 0 Å². The number of nitrogens with one attached hydrogen (secondary N) is 1. The first-order valence-corrected chi connectivity index (χ1v) is 8.76. The fraction of sp³-hybridized carbons (Fsp3) is 0.556. The maximum absolute atomic E-state index is 12.6. The maximum atomic E-state index is 12.6. The number of hydrogen-bond acceptors (Lipinski definition) is 3. The van der Waals surface area contributed by atoms with Gasteiger partial charge in [-0.1, -0.05) is 25.4 Å². The van der Waals surface area contributed by atoms with Crippen molar-refractivity contribution < 1.29 is 9.59 Å². The molecule has 4 bridgehead atoms. The summed E-state index contributed by atoms with van der Waals surface area (Å²) < 4.78 is 0. The highest BCUT2D eigenvalue weighted by molar-refractivity contribution is 6.30. The number of carbonyl (C=O) groups is 2. The van der Waals surface area contributed by atoms with Gasteiger partial charge in [0.05, 0.1) is 0 Å². The third kappa shape index (κ3) is 1.64. The lowest BCUT2D eigenvalue weighted by atomic mass is 9.65. The van der Waals surface area contributed by atoms with Crippen molar-refractivity contribution in [3.63, 3.8) is 0 Å². The number of hydrazine groups is 1. The molecule has 3 aliphatic rings. The number of rotatable bonds is 3. The van der Waals surface area contributed by atoms with E-state index in [4.69, 9.17) is 17.3 Å². The van der Waals surface area contributed by atoms with Crippen LogP contribution in [0.15, 0.2) is 24.3 Å². The van der Waals surface area contributed by atoms with E-state index in [2.05, 4.69) is 19.3 Å². The molecule has 4 atom stereocenters. The van der Waals surface area contributed by atoms with Gasteiger partial charge in [0.1, 0.15) is 5.54 Å². The highest BCUT2D eigenvalue weighted by Crippen LogP contribution is 2.75. The standard InChI is InChI=1S/C18H22ClN3O2/c1-16-10-22(21-14(23)11-3-5-13(19)6-4-11)18(15(20)24)9-12(16)7-8-17(16,18)2/h3-6,12H,7-10H2,1-2H3,(H2,20,24)(H,21,23)/t12-,16+,17+,18+/m0/s1. The number of amides is 2. The summed E-state index contributed by atoms with van der Waals surface area (Å²) in [7, 11) is 0. The third-order valence-corrected chi connectivity index (χ3v) is 7.56. The molecular formula is C18H22ClN3O2. The van der Waals surface area contributed by atoms with Crippen LogP contribution in [0.2, 0.25) is 5.02 Å². The Bertz CT molecular complexity index is 736. The molecule has 0 radical (unpaired) electrons. The van der Waals surface area contributed by atoms with Gasteiger partial charge >= 0.3 is 0 Å². The zero-order valence-corrected chi connectivity index (χ0v) is 14.7. The molecule has 0 unspecified atom stereocenters. The monoisotopic (exact) mass is 347 g/mol. The summed E-state index contributed by atoms with van der Waals surface area (Å²) in [5, 5.41) is 2.40. The van der Waals surface area contributed by atoms with Gasteiger partial charge in [-0.3, -0.25) is 15.0 Å². The van der Waals surface area contributed by atoms with Crippen LogP contribution in [-0.4, -0.2) is 28.9 Å². The summed E-state index contributed by atoms with van der Waals surface area (Å²) in [6, 6.07) is 6.72. The minimum atomic E-state index is -0.785. The molecule has 4 rings (SSSR count). The van der Waals surface area contributed by atoms with E-state index in [1.165, 1.54) is 0 Å². The van der Waals surface area contributed by atoms with Crippen molar-refractivity contribution in [2.45, 2.75) is 38.6 Å². The Labute approximate surface area is 146 Å². The molecule has 3 N–H and O–H groups in total. The van der Waals surface area contributed by atoms with Crippen molar-refractivity contribution in [1.29, 1.82) is 0 Å². The third-order valence-electron chi connectivity index (χ3n) is 7.31. The van der Waals surface area contributed by atoms with Crippen molar-refractivity contribution in [3.05, 3.63) is 34.9 Å². The predicted octanol–water partition coefficient (Wildman–Crippen LogP) is 2.35. The van der Waals surface area contributed by atoms with Gasteiger partial charge in [0.15, 0.2) is 0 Å². The van der Waals surface area contributed by atoms with Gasteiger partial charge in [0.25, 0.3) is 5.91 Å². The van der Waals surface area contributed by atoms with Crippen LogP contribution < -0.4 is 11.2 Å². The smallest absolute Gasteiger partial charge is 0.265 e. The van der Waals surface area contributed by atoms with Crippen LogP contribution in [0.5, 0.6) is 0 Å². The molecule has 2 amide bonds. The number of nitrogens with zero attached hydrogens (tertiary/aromatic N) is 1. The summed E-state index contributed by atoms with van der Waals surface area (Å²) >= 11 is 5.88. The Hall–Kier alpha value is -1.59. The minimum Gasteiger partial charge on any atom is -0.368 e. The van der Waals surface area contributed by atoms with E-state index >= 15 is 0 Å². The number of carbonyl (C=O) groups excluding carboxylic acids is 2. The number of nitrogens with two attached hydrogens (primary N) is 1. The van der Waals surface area contributed by atoms with Crippen LogP contribution in [-0.2, 0) is 4.79 Å². The van der Waals surface area contributed by atoms with E-state index in [0.29, 0.717) is 23.0 Å². The number of hydrogen-bond donors (Lipinski definition) is 2. The molecule has 2 saturated carbocycles. The van der Waals surface area contributed by atoms with Gasteiger partial charge in [0.2, 0.25) is 5.91 Å². The van der Waals surface area contributed by atoms with Gasteiger partial charge in [-0.25, -0.2) is 5.01 Å². The molecule has 6 heteroatoms. The normalized spacial score (nSPS) is 40.0. The van der Waals surface area contributed by atoms with Gasteiger partial charge in [-0.05, 0) is 54.9 Å². The summed E-state index contributed by atoms with van der Waals surface area (Å²) in [6.07, 6.45) is 2.85. The lowest BCUT2D eigenvalue weighted by Gasteiger charge is -2.45. The molecule has 0 spiro atoms. The van der Waals surface area contributed by atoms with Crippen molar-refractivity contribution in [2.75, 3.05) is 6.54 Å². The van der Waals surface area contributed by atoms with E-state index < -0.39 is 5.54 Å². The summed E-state index contributed by atoms with van der Waals surface area (Å²) in [5.74, 6) is -0.0612. The predicted molar refractivity (Wildman–Crippen MR) is 91.1 cm³/mol. The molecule has 24 heavy (non-hydrogen) atoms. The van der Waals surface area contributed by atoms with Crippen molar-refractivity contribution in [3.8, 4) is 0 Å². The van der Waals surface area contributed by atoms with Crippen LogP contribution >= 0.6 is 11.6 Å². The molecule has 3 fully saturated rings. The van der Waals surface area contributed by atoms with Crippen LogP contribution in [0.3, 0.4) is 0 Å². The van der Waals surface area contributed by atoms with Gasteiger partial charge < -0.3 is 5.73 Å². The fourth-order valence-electron chi connectivity index (χ4n) is 5.71. The second kappa shape index (κ2) is 4.73. The molecule has 5 nitrogen and oxygen atoms in total. The number of benzene rings is 1. The molecule has 1 saturated heterocycles. The number of primary amides is 1. The van der Waals surface area contributed by atoms with Crippen LogP contribution in [0.1, 0.15) is 43.5 Å². The average molecular weight is 348 g/mol. The average Bonchev–Trinajstić information content (AvgIpc) is 2.97. The van der Waals surface area contributed by atoms with E-state index in [0.717, 1.165) is 19.3 Å². The molecule has 1 aromatic rings.